The molecule has 0 radical (unpaired) electrons. The molecule has 3 rings (SSSR count). The summed E-state index contributed by atoms with van der Waals surface area (Å²) in [4.78, 5) is 13.7. The molecule has 0 spiro atoms. The number of likely N-dealkylation sites (N-methyl/N-ethyl adjacent to an activating group) is 1. The van der Waals surface area contributed by atoms with Crippen LogP contribution in [0, 0.1) is 0 Å². The molecule has 4 heteroatoms. The van der Waals surface area contributed by atoms with Gasteiger partial charge in [-0.25, -0.2) is 0 Å². The van der Waals surface area contributed by atoms with Crippen LogP contribution in [0.3, 0.4) is 0 Å². The van der Waals surface area contributed by atoms with Gasteiger partial charge in [0.05, 0.1) is 19.3 Å². The molecular weight excluding hydrogens is 338 g/mol. The predicted octanol–water partition coefficient (Wildman–Crippen LogP) is 4.30. The van der Waals surface area contributed by atoms with Crippen LogP contribution in [-0.4, -0.2) is 37.6 Å². The highest BCUT2D eigenvalue weighted by molar-refractivity contribution is 5.71. The first-order valence-electron chi connectivity index (χ1n) is 9.73. The molecule has 0 fully saturated rings. The van der Waals surface area contributed by atoms with Crippen molar-refractivity contribution in [3.8, 4) is 0 Å². The topological polar surface area (TPSA) is 38.8 Å². The maximum Gasteiger partial charge on any atom is 0.320 e. The van der Waals surface area contributed by atoms with E-state index >= 15 is 0 Å². The van der Waals surface area contributed by atoms with Gasteiger partial charge >= 0.3 is 5.97 Å². The molecule has 0 aliphatic carbocycles. The molecule has 1 heterocycles. The third-order valence-corrected chi connectivity index (χ3v) is 5.22. The Morgan fingerprint density at radius 1 is 1.15 bits per heavy atom. The number of rotatable bonds is 8. The summed E-state index contributed by atoms with van der Waals surface area (Å²) in [7, 11) is 1.96. The van der Waals surface area contributed by atoms with Crippen molar-refractivity contribution in [3.05, 3.63) is 71.3 Å². The quantitative estimate of drug-likeness (QED) is 0.652. The van der Waals surface area contributed by atoms with Gasteiger partial charge in [-0.05, 0) is 57.0 Å². The van der Waals surface area contributed by atoms with Crippen LogP contribution in [0.4, 0.5) is 0 Å². The Hall–Kier alpha value is -2.17. The fourth-order valence-electron chi connectivity index (χ4n) is 4.02. The lowest BCUT2D eigenvalue weighted by atomic mass is 9.82. The first-order valence-corrected chi connectivity index (χ1v) is 9.73. The van der Waals surface area contributed by atoms with E-state index in [0.29, 0.717) is 13.2 Å². The van der Waals surface area contributed by atoms with E-state index in [0.717, 1.165) is 19.4 Å². The second kappa shape index (κ2) is 8.68. The number of benzene rings is 2. The van der Waals surface area contributed by atoms with Gasteiger partial charge in [0.25, 0.3) is 0 Å². The fourth-order valence-corrected chi connectivity index (χ4v) is 4.02. The van der Waals surface area contributed by atoms with Gasteiger partial charge in [0.15, 0.2) is 0 Å². The van der Waals surface area contributed by atoms with Gasteiger partial charge in [-0.3, -0.25) is 9.69 Å². The van der Waals surface area contributed by atoms with Gasteiger partial charge < -0.3 is 9.47 Å². The molecular formula is C23H29NO3. The number of esters is 1. The lowest BCUT2D eigenvalue weighted by Crippen LogP contribution is -2.31. The van der Waals surface area contributed by atoms with E-state index in [-0.39, 0.29) is 12.1 Å². The van der Waals surface area contributed by atoms with Crippen molar-refractivity contribution in [2.24, 2.45) is 0 Å². The van der Waals surface area contributed by atoms with E-state index < -0.39 is 5.60 Å². The third-order valence-electron chi connectivity index (χ3n) is 5.22. The molecule has 2 unspecified atom stereocenters. The average molecular weight is 367 g/mol. The van der Waals surface area contributed by atoms with Crippen LogP contribution in [0.1, 0.15) is 49.5 Å². The minimum Gasteiger partial charge on any atom is -0.465 e. The highest BCUT2D eigenvalue weighted by atomic mass is 16.5. The first kappa shape index (κ1) is 19.6. The molecule has 2 aromatic rings. The zero-order chi connectivity index (χ0) is 19.3. The van der Waals surface area contributed by atoms with Gasteiger partial charge in [0.1, 0.15) is 5.60 Å². The summed E-state index contributed by atoms with van der Waals surface area (Å²) in [5.74, 6) is -0.172. The number of fused-ring (bicyclic) bond motifs is 1. The summed E-state index contributed by atoms with van der Waals surface area (Å²) >= 11 is 0. The summed E-state index contributed by atoms with van der Waals surface area (Å²) < 4.78 is 11.6. The van der Waals surface area contributed by atoms with E-state index in [9.17, 15) is 4.79 Å². The zero-order valence-electron chi connectivity index (χ0n) is 16.5. The van der Waals surface area contributed by atoms with Crippen molar-refractivity contribution in [1.29, 1.82) is 0 Å². The number of nitrogens with zero attached hydrogens (tertiary/aromatic N) is 1. The Labute approximate surface area is 162 Å². The molecule has 0 bridgehead atoms. The SMILES string of the molecule is CCOC(=O)CN(C)CCCC1(c2ccccc2)OC(C)c2ccccc21. The summed E-state index contributed by atoms with van der Waals surface area (Å²) in [5, 5.41) is 0. The maximum atomic E-state index is 11.7. The van der Waals surface area contributed by atoms with Crippen molar-refractivity contribution < 1.29 is 14.3 Å². The maximum absolute atomic E-state index is 11.7. The minimum absolute atomic E-state index is 0.0682. The summed E-state index contributed by atoms with van der Waals surface area (Å²) in [6.45, 7) is 5.51. The van der Waals surface area contributed by atoms with Crippen molar-refractivity contribution in [1.82, 2.24) is 4.90 Å². The predicted molar refractivity (Wildman–Crippen MR) is 107 cm³/mol. The largest absolute Gasteiger partial charge is 0.465 e. The first-order chi connectivity index (χ1) is 13.1. The van der Waals surface area contributed by atoms with E-state index in [4.69, 9.17) is 9.47 Å². The van der Waals surface area contributed by atoms with Gasteiger partial charge in [0, 0.05) is 0 Å². The van der Waals surface area contributed by atoms with E-state index in [2.05, 4.69) is 55.5 Å². The molecule has 4 nitrogen and oxygen atoms in total. The van der Waals surface area contributed by atoms with Crippen molar-refractivity contribution >= 4 is 5.97 Å². The third kappa shape index (κ3) is 4.23. The molecule has 0 amide bonds. The zero-order valence-corrected chi connectivity index (χ0v) is 16.5. The Balaban J connectivity index is 1.77. The molecule has 0 N–H and O–H groups in total. The molecule has 2 atom stereocenters. The van der Waals surface area contributed by atoms with E-state index in [1.54, 1.807) is 0 Å². The molecule has 1 aliphatic rings. The number of ether oxygens (including phenoxy) is 2. The molecule has 0 saturated carbocycles. The van der Waals surface area contributed by atoms with Crippen LogP contribution in [-0.2, 0) is 19.9 Å². The van der Waals surface area contributed by atoms with E-state index in [1.807, 2.05) is 24.9 Å². The molecule has 0 aromatic heterocycles. The summed E-state index contributed by atoms with van der Waals surface area (Å²) in [5.41, 5.74) is 3.29. The van der Waals surface area contributed by atoms with Crippen molar-refractivity contribution in [3.63, 3.8) is 0 Å². The van der Waals surface area contributed by atoms with Gasteiger partial charge in [-0.2, -0.15) is 0 Å². The Bertz CT molecular complexity index is 761. The molecule has 2 aromatic carbocycles. The number of hydrogen-bond donors (Lipinski definition) is 0. The van der Waals surface area contributed by atoms with Gasteiger partial charge in [-0.15, -0.1) is 0 Å². The summed E-state index contributed by atoms with van der Waals surface area (Å²) in [6.07, 6.45) is 1.86. The lowest BCUT2D eigenvalue weighted by Gasteiger charge is -2.32. The molecule has 1 aliphatic heterocycles. The number of carbonyl (C=O) groups excluding carboxylic acids is 1. The Morgan fingerprint density at radius 3 is 2.59 bits per heavy atom. The fraction of sp³-hybridized carbons (Fsp3) is 0.435. The standard InChI is InChI=1S/C23H29NO3/c1-4-26-22(25)17-24(3)16-10-15-23(19-11-6-5-7-12-19)21-14-9-8-13-20(21)18(2)27-23/h5-9,11-14,18H,4,10,15-17H2,1-3H3. The van der Waals surface area contributed by atoms with Crippen LogP contribution in [0.2, 0.25) is 0 Å². The minimum atomic E-state index is -0.429. The summed E-state index contributed by atoms with van der Waals surface area (Å²) in [6, 6.07) is 19.0. The van der Waals surface area contributed by atoms with Crippen molar-refractivity contribution in [2.75, 3.05) is 26.7 Å². The number of carbonyl (C=O) groups is 1. The monoisotopic (exact) mass is 367 g/mol. The molecule has 0 saturated heterocycles. The average Bonchev–Trinajstić information content (AvgIpc) is 2.96. The van der Waals surface area contributed by atoms with Crippen LogP contribution in [0.15, 0.2) is 54.6 Å². The van der Waals surface area contributed by atoms with Crippen LogP contribution >= 0.6 is 0 Å². The Kier molecular flexibility index (Phi) is 6.30. The van der Waals surface area contributed by atoms with E-state index in [1.165, 1.54) is 16.7 Å². The van der Waals surface area contributed by atoms with Crippen LogP contribution < -0.4 is 0 Å². The van der Waals surface area contributed by atoms with Crippen LogP contribution in [0.5, 0.6) is 0 Å². The van der Waals surface area contributed by atoms with Crippen LogP contribution in [0.25, 0.3) is 0 Å². The highest BCUT2D eigenvalue weighted by Crippen LogP contribution is 2.49. The number of hydrogen-bond acceptors (Lipinski definition) is 4. The van der Waals surface area contributed by atoms with Gasteiger partial charge in [0.2, 0.25) is 0 Å². The molecule has 144 valence electrons. The molecule has 27 heavy (non-hydrogen) atoms. The van der Waals surface area contributed by atoms with Gasteiger partial charge in [-0.1, -0.05) is 54.6 Å². The lowest BCUT2D eigenvalue weighted by molar-refractivity contribution is -0.144. The second-order valence-electron chi connectivity index (χ2n) is 7.19. The second-order valence-corrected chi connectivity index (χ2v) is 7.19. The highest BCUT2D eigenvalue weighted by Gasteiger charge is 2.44. The normalized spacial score (nSPS) is 21.3. The smallest absolute Gasteiger partial charge is 0.320 e. The van der Waals surface area contributed by atoms with Crippen molar-refractivity contribution in [2.45, 2.75) is 38.4 Å². The Morgan fingerprint density at radius 2 is 1.85 bits per heavy atom.